The first-order valence-corrected chi connectivity index (χ1v) is 13.3. The summed E-state index contributed by atoms with van der Waals surface area (Å²) in [5.74, 6) is 0.669. The second-order valence-electron chi connectivity index (χ2n) is 10.2. The van der Waals surface area contributed by atoms with Gasteiger partial charge in [0.05, 0.1) is 30.0 Å². The predicted octanol–water partition coefficient (Wildman–Crippen LogP) is 5.88. The molecule has 11 heteroatoms. The Morgan fingerprint density at radius 1 is 1.07 bits per heavy atom. The van der Waals surface area contributed by atoms with E-state index in [1.807, 2.05) is 6.92 Å². The summed E-state index contributed by atoms with van der Waals surface area (Å²) >= 11 is 0. The van der Waals surface area contributed by atoms with E-state index in [-0.39, 0.29) is 37.4 Å². The number of ether oxygens (including phenoxy) is 3. The van der Waals surface area contributed by atoms with Crippen molar-refractivity contribution in [3.8, 4) is 22.9 Å². The van der Waals surface area contributed by atoms with Crippen LogP contribution >= 0.6 is 0 Å². The number of amides is 1. The fourth-order valence-corrected chi connectivity index (χ4v) is 4.06. The number of rotatable bonds is 11. The van der Waals surface area contributed by atoms with E-state index in [9.17, 15) is 22.8 Å². The van der Waals surface area contributed by atoms with Crippen LogP contribution in [0.1, 0.15) is 66.7 Å². The van der Waals surface area contributed by atoms with Gasteiger partial charge in [-0.05, 0) is 76.4 Å². The van der Waals surface area contributed by atoms with Gasteiger partial charge >= 0.3 is 12.1 Å². The molecule has 1 amide bonds. The van der Waals surface area contributed by atoms with Crippen molar-refractivity contribution in [3.63, 3.8) is 0 Å². The maximum Gasteiger partial charge on any atom is 0.416 e. The van der Waals surface area contributed by atoms with Crippen LogP contribution in [-0.4, -0.2) is 47.2 Å². The van der Waals surface area contributed by atoms with Crippen LogP contribution in [0.25, 0.3) is 11.4 Å². The van der Waals surface area contributed by atoms with Crippen LogP contribution in [-0.2, 0) is 15.7 Å². The Balaban J connectivity index is 1.34. The van der Waals surface area contributed by atoms with Crippen molar-refractivity contribution in [1.29, 1.82) is 0 Å². The summed E-state index contributed by atoms with van der Waals surface area (Å²) in [6.45, 7) is 7.52. The Hall–Kier alpha value is -4.15. The molecule has 0 aliphatic heterocycles. The summed E-state index contributed by atoms with van der Waals surface area (Å²) in [6, 6.07) is 9.83. The number of hydrogen-bond acceptors (Lipinski definition) is 7. The fraction of sp³-hybridized carbons (Fsp3) is 0.400. The van der Waals surface area contributed by atoms with Crippen LogP contribution in [0.4, 0.5) is 13.2 Å². The molecule has 4 rings (SSSR count). The second-order valence-corrected chi connectivity index (χ2v) is 10.2. The largest absolute Gasteiger partial charge is 0.492 e. The third kappa shape index (κ3) is 7.53. The van der Waals surface area contributed by atoms with E-state index in [1.54, 1.807) is 39.0 Å². The van der Waals surface area contributed by atoms with Crippen LogP contribution in [0.15, 0.2) is 48.7 Å². The van der Waals surface area contributed by atoms with Crippen molar-refractivity contribution in [3.05, 3.63) is 71.0 Å². The maximum absolute atomic E-state index is 12.9. The van der Waals surface area contributed by atoms with Gasteiger partial charge in [-0.15, -0.1) is 0 Å². The number of esters is 1. The number of nitrogens with one attached hydrogen (secondary N) is 1. The monoisotopic (exact) mass is 571 g/mol. The van der Waals surface area contributed by atoms with E-state index in [1.165, 1.54) is 18.3 Å². The third-order valence-corrected chi connectivity index (χ3v) is 6.43. The van der Waals surface area contributed by atoms with Gasteiger partial charge in [0.15, 0.2) is 11.4 Å². The number of halogens is 3. The summed E-state index contributed by atoms with van der Waals surface area (Å²) in [5, 5.41) is 2.81. The number of nitrogens with zero attached hydrogens (tertiary/aromatic N) is 2. The van der Waals surface area contributed by atoms with Crippen LogP contribution in [0.2, 0.25) is 0 Å². The molecule has 0 atom stereocenters. The average Bonchev–Trinajstić information content (AvgIpc) is 3.77. The molecular formula is C30H32F3N3O5. The van der Waals surface area contributed by atoms with Crippen molar-refractivity contribution in [1.82, 2.24) is 15.3 Å². The second kappa shape index (κ2) is 12.2. The Labute approximate surface area is 236 Å². The zero-order valence-corrected chi connectivity index (χ0v) is 23.3. The van der Waals surface area contributed by atoms with Crippen LogP contribution in [0.3, 0.4) is 0 Å². The highest BCUT2D eigenvalue weighted by Crippen LogP contribution is 2.41. The fourth-order valence-electron chi connectivity index (χ4n) is 4.06. The molecule has 0 saturated heterocycles. The average molecular weight is 572 g/mol. The Bertz CT molecular complexity index is 1400. The van der Waals surface area contributed by atoms with Gasteiger partial charge in [0.2, 0.25) is 0 Å². The quantitative estimate of drug-likeness (QED) is 0.227. The lowest BCUT2D eigenvalue weighted by atomic mass is 10.1. The predicted molar refractivity (Wildman–Crippen MR) is 145 cm³/mol. The molecule has 8 nitrogen and oxygen atoms in total. The van der Waals surface area contributed by atoms with Gasteiger partial charge < -0.3 is 19.5 Å². The lowest BCUT2D eigenvalue weighted by Crippen LogP contribution is -2.39. The highest BCUT2D eigenvalue weighted by molar-refractivity contribution is 5.95. The highest BCUT2D eigenvalue weighted by atomic mass is 19.4. The molecule has 0 bridgehead atoms. The van der Waals surface area contributed by atoms with Gasteiger partial charge in [-0.2, -0.15) is 13.2 Å². The van der Waals surface area contributed by atoms with Crippen molar-refractivity contribution < 1.29 is 37.0 Å². The molecule has 1 N–H and O–H groups in total. The van der Waals surface area contributed by atoms with Crippen molar-refractivity contribution in [2.24, 2.45) is 0 Å². The van der Waals surface area contributed by atoms with Gasteiger partial charge in [0.25, 0.3) is 5.91 Å². The molecule has 1 aliphatic carbocycles. The molecule has 1 fully saturated rings. The lowest BCUT2D eigenvalue weighted by molar-refractivity contribution is -0.158. The molecule has 0 radical (unpaired) electrons. The summed E-state index contributed by atoms with van der Waals surface area (Å²) in [6.07, 6.45) is -1.25. The number of alkyl halides is 3. The number of aryl methyl sites for hydroxylation is 1. The van der Waals surface area contributed by atoms with Crippen molar-refractivity contribution in [2.75, 3.05) is 19.8 Å². The molecule has 1 heterocycles. The van der Waals surface area contributed by atoms with Crippen LogP contribution < -0.4 is 14.8 Å². The smallest absolute Gasteiger partial charge is 0.416 e. The van der Waals surface area contributed by atoms with Gasteiger partial charge in [-0.25, -0.2) is 14.8 Å². The molecule has 218 valence electrons. The molecule has 3 aromatic rings. The SMILES string of the molecule is CCOC(=O)C(C)(C)Oc1ccc(OCCNC(=O)c2cnc(-c3ccc(C(F)(F)F)cc3)nc2C2CC2)cc1C. The first kappa shape index (κ1) is 29.8. The van der Waals surface area contributed by atoms with Crippen LogP contribution in [0, 0.1) is 6.92 Å². The van der Waals surface area contributed by atoms with E-state index >= 15 is 0 Å². The zero-order valence-electron chi connectivity index (χ0n) is 23.3. The van der Waals surface area contributed by atoms with E-state index in [4.69, 9.17) is 14.2 Å². The number of hydrogen-bond donors (Lipinski definition) is 1. The topological polar surface area (TPSA) is 99.6 Å². The molecular weight excluding hydrogens is 539 g/mol. The first-order chi connectivity index (χ1) is 19.4. The summed E-state index contributed by atoms with van der Waals surface area (Å²) in [5.41, 5.74) is 0.237. The van der Waals surface area contributed by atoms with Gasteiger partial charge in [-0.3, -0.25) is 4.79 Å². The van der Waals surface area contributed by atoms with E-state index in [2.05, 4.69) is 15.3 Å². The number of carbonyl (C=O) groups excluding carboxylic acids is 2. The van der Waals surface area contributed by atoms with Crippen molar-refractivity contribution in [2.45, 2.75) is 58.2 Å². The van der Waals surface area contributed by atoms with Gasteiger partial charge in [-0.1, -0.05) is 12.1 Å². The van der Waals surface area contributed by atoms with E-state index in [0.717, 1.165) is 30.5 Å². The molecule has 1 aromatic heterocycles. The van der Waals surface area contributed by atoms with Crippen molar-refractivity contribution >= 4 is 11.9 Å². The first-order valence-electron chi connectivity index (χ1n) is 13.3. The molecule has 2 aromatic carbocycles. The van der Waals surface area contributed by atoms with Gasteiger partial charge in [0.1, 0.15) is 18.1 Å². The summed E-state index contributed by atoms with van der Waals surface area (Å²) in [4.78, 5) is 33.8. The minimum absolute atomic E-state index is 0.112. The Morgan fingerprint density at radius 2 is 1.78 bits per heavy atom. The van der Waals surface area contributed by atoms with Crippen LogP contribution in [0.5, 0.6) is 11.5 Å². The minimum Gasteiger partial charge on any atom is -0.492 e. The minimum atomic E-state index is -4.43. The standard InChI is InChI=1S/C30H32F3N3O5/c1-5-39-28(38)29(3,4)41-24-13-12-22(16-18(24)2)40-15-14-34-27(37)23-17-35-26(36-25(23)19-6-7-19)20-8-10-21(11-9-20)30(31,32)33/h8-13,16-17,19H,5-7,14-15H2,1-4H3,(H,34,37). The van der Waals surface area contributed by atoms with Gasteiger partial charge in [0, 0.05) is 17.7 Å². The lowest BCUT2D eigenvalue weighted by Gasteiger charge is -2.25. The molecule has 1 saturated carbocycles. The highest BCUT2D eigenvalue weighted by Gasteiger charge is 2.33. The normalized spacial score (nSPS) is 13.4. The number of benzene rings is 2. The molecule has 0 spiro atoms. The van der Waals surface area contributed by atoms with E-state index < -0.39 is 23.3 Å². The Morgan fingerprint density at radius 3 is 2.39 bits per heavy atom. The zero-order chi connectivity index (χ0) is 29.8. The third-order valence-electron chi connectivity index (χ3n) is 6.43. The molecule has 0 unspecified atom stereocenters. The molecule has 1 aliphatic rings. The summed E-state index contributed by atoms with van der Waals surface area (Å²) in [7, 11) is 0. The maximum atomic E-state index is 12.9. The molecule has 41 heavy (non-hydrogen) atoms. The van der Waals surface area contributed by atoms with E-state index in [0.29, 0.717) is 28.3 Å². The Kier molecular flexibility index (Phi) is 8.84. The number of aromatic nitrogens is 2. The summed E-state index contributed by atoms with van der Waals surface area (Å²) < 4.78 is 55.4. The number of carbonyl (C=O) groups is 2.